The molecule has 2 atom stereocenters. The fourth-order valence-corrected chi connectivity index (χ4v) is 3.50. The summed E-state index contributed by atoms with van der Waals surface area (Å²) in [6.45, 7) is 0.406. The molecule has 0 spiro atoms. The largest absolute Gasteiger partial charge is 0.462 e. The van der Waals surface area contributed by atoms with Crippen LogP contribution in [0.1, 0.15) is 22.6 Å². The molecule has 104 valence electrons. The van der Waals surface area contributed by atoms with Gasteiger partial charge in [-0.25, -0.2) is 4.79 Å². The Morgan fingerprint density at radius 3 is 2.52 bits per heavy atom. The lowest BCUT2D eigenvalue weighted by Crippen LogP contribution is -2.25. The minimum absolute atomic E-state index is 0.00907. The first-order valence-electron chi connectivity index (χ1n) is 7.08. The molecule has 3 heteroatoms. The Kier molecular flexibility index (Phi) is 2.61. The second-order valence-corrected chi connectivity index (χ2v) is 5.51. The molecule has 4 rings (SSSR count). The van der Waals surface area contributed by atoms with Gasteiger partial charge in [0.15, 0.2) is 0 Å². The van der Waals surface area contributed by atoms with E-state index in [4.69, 9.17) is 10.5 Å². The third kappa shape index (κ3) is 1.70. The molecule has 0 radical (unpaired) electrons. The highest BCUT2D eigenvalue weighted by molar-refractivity contribution is 6.01. The van der Waals surface area contributed by atoms with Crippen molar-refractivity contribution >= 4 is 11.7 Å². The van der Waals surface area contributed by atoms with E-state index in [1.165, 1.54) is 11.1 Å². The SMILES string of the molecule is NC1=C2C(=O)OCC2C(c2ccccc2)c2ccccc21. The summed E-state index contributed by atoms with van der Waals surface area (Å²) in [5, 5.41) is 0. The lowest BCUT2D eigenvalue weighted by Gasteiger charge is -2.30. The van der Waals surface area contributed by atoms with E-state index in [9.17, 15) is 4.79 Å². The number of carbonyl (C=O) groups excluding carboxylic acids is 1. The Labute approximate surface area is 123 Å². The Hall–Kier alpha value is -2.55. The van der Waals surface area contributed by atoms with Crippen molar-refractivity contribution in [3.05, 3.63) is 76.9 Å². The molecule has 2 aromatic rings. The molecule has 0 bridgehead atoms. The van der Waals surface area contributed by atoms with Crippen LogP contribution in [0.25, 0.3) is 5.70 Å². The van der Waals surface area contributed by atoms with Gasteiger partial charge in [0, 0.05) is 17.4 Å². The van der Waals surface area contributed by atoms with Gasteiger partial charge in [0.25, 0.3) is 0 Å². The van der Waals surface area contributed by atoms with Crippen LogP contribution in [0.3, 0.4) is 0 Å². The van der Waals surface area contributed by atoms with Crippen LogP contribution >= 0.6 is 0 Å². The lowest BCUT2D eigenvalue weighted by atomic mass is 9.71. The molecule has 1 fully saturated rings. The fraction of sp³-hybridized carbons (Fsp3) is 0.167. The molecule has 0 aromatic heterocycles. The summed E-state index contributed by atoms with van der Waals surface area (Å²) in [7, 11) is 0. The van der Waals surface area contributed by atoms with Gasteiger partial charge in [0.05, 0.1) is 17.9 Å². The van der Waals surface area contributed by atoms with Crippen LogP contribution in [-0.4, -0.2) is 12.6 Å². The van der Waals surface area contributed by atoms with Crippen LogP contribution in [-0.2, 0) is 9.53 Å². The molecule has 2 aromatic carbocycles. The summed E-state index contributed by atoms with van der Waals surface area (Å²) in [5.74, 6) is -0.140. The van der Waals surface area contributed by atoms with E-state index >= 15 is 0 Å². The molecule has 1 saturated heterocycles. The van der Waals surface area contributed by atoms with Crippen molar-refractivity contribution in [2.45, 2.75) is 5.92 Å². The predicted octanol–water partition coefficient (Wildman–Crippen LogP) is 2.67. The molecular weight excluding hydrogens is 262 g/mol. The molecular formula is C18H15NO2. The number of nitrogens with two attached hydrogens (primary N) is 1. The van der Waals surface area contributed by atoms with Crippen LogP contribution in [0.2, 0.25) is 0 Å². The number of benzene rings is 2. The van der Waals surface area contributed by atoms with Crippen LogP contribution < -0.4 is 5.73 Å². The molecule has 2 N–H and O–H groups in total. The highest BCUT2D eigenvalue weighted by atomic mass is 16.5. The molecule has 2 aliphatic rings. The van der Waals surface area contributed by atoms with E-state index in [1.54, 1.807) is 0 Å². The standard InChI is InChI=1S/C18H15NO2/c19-17-13-9-5-4-8-12(13)15(11-6-2-1-3-7-11)14-10-21-18(20)16(14)17/h1-9,14-15H,10,19H2. The first kappa shape index (κ1) is 12.2. The van der Waals surface area contributed by atoms with Crippen molar-refractivity contribution in [2.75, 3.05) is 6.61 Å². The van der Waals surface area contributed by atoms with Gasteiger partial charge in [-0.15, -0.1) is 0 Å². The first-order chi connectivity index (χ1) is 10.3. The summed E-state index contributed by atoms with van der Waals surface area (Å²) < 4.78 is 5.28. The average Bonchev–Trinajstić information content (AvgIpc) is 2.91. The summed E-state index contributed by atoms with van der Waals surface area (Å²) in [6.07, 6.45) is 0. The number of carbonyl (C=O) groups is 1. The third-order valence-electron chi connectivity index (χ3n) is 4.42. The van der Waals surface area contributed by atoms with E-state index in [2.05, 4.69) is 18.2 Å². The van der Waals surface area contributed by atoms with Gasteiger partial charge in [-0.1, -0.05) is 54.6 Å². The zero-order valence-electron chi connectivity index (χ0n) is 11.5. The van der Waals surface area contributed by atoms with Crippen LogP contribution in [0.5, 0.6) is 0 Å². The quantitative estimate of drug-likeness (QED) is 0.815. The second-order valence-electron chi connectivity index (χ2n) is 5.51. The number of cyclic esters (lactones) is 1. The normalized spacial score (nSPS) is 23.5. The predicted molar refractivity (Wildman–Crippen MR) is 80.3 cm³/mol. The van der Waals surface area contributed by atoms with E-state index in [1.807, 2.05) is 36.4 Å². The van der Waals surface area contributed by atoms with Crippen LogP contribution in [0.4, 0.5) is 0 Å². The maximum Gasteiger partial charge on any atom is 0.336 e. The topological polar surface area (TPSA) is 52.3 Å². The molecule has 21 heavy (non-hydrogen) atoms. The Balaban J connectivity index is 1.98. The Morgan fingerprint density at radius 1 is 1.00 bits per heavy atom. The van der Waals surface area contributed by atoms with Gasteiger partial charge in [-0.3, -0.25) is 0 Å². The Bertz CT molecular complexity index is 749. The van der Waals surface area contributed by atoms with Gasteiger partial charge in [-0.05, 0) is 11.1 Å². The van der Waals surface area contributed by atoms with Crippen molar-refractivity contribution in [3.8, 4) is 0 Å². The van der Waals surface area contributed by atoms with Crippen LogP contribution in [0, 0.1) is 5.92 Å². The van der Waals surface area contributed by atoms with Crippen molar-refractivity contribution in [1.29, 1.82) is 0 Å². The minimum Gasteiger partial charge on any atom is -0.462 e. The molecule has 1 heterocycles. The first-order valence-corrected chi connectivity index (χ1v) is 7.08. The van der Waals surface area contributed by atoms with Gasteiger partial charge in [0.2, 0.25) is 0 Å². The van der Waals surface area contributed by atoms with E-state index in [0.29, 0.717) is 17.9 Å². The summed E-state index contributed by atoms with van der Waals surface area (Å²) in [6, 6.07) is 18.3. The van der Waals surface area contributed by atoms with Gasteiger partial charge in [0.1, 0.15) is 0 Å². The molecule has 1 aliphatic heterocycles. The summed E-state index contributed by atoms with van der Waals surface area (Å²) in [5.41, 5.74) is 10.8. The third-order valence-corrected chi connectivity index (χ3v) is 4.42. The zero-order chi connectivity index (χ0) is 14.4. The molecule has 1 aliphatic carbocycles. The van der Waals surface area contributed by atoms with Crippen molar-refractivity contribution < 1.29 is 9.53 Å². The van der Waals surface area contributed by atoms with E-state index in [-0.39, 0.29) is 17.8 Å². The fourth-order valence-electron chi connectivity index (χ4n) is 3.50. The van der Waals surface area contributed by atoms with Crippen molar-refractivity contribution in [3.63, 3.8) is 0 Å². The summed E-state index contributed by atoms with van der Waals surface area (Å²) in [4.78, 5) is 12.0. The van der Waals surface area contributed by atoms with Crippen LogP contribution in [0.15, 0.2) is 60.2 Å². The van der Waals surface area contributed by atoms with E-state index < -0.39 is 0 Å². The monoisotopic (exact) mass is 277 g/mol. The van der Waals surface area contributed by atoms with E-state index in [0.717, 1.165) is 5.56 Å². The highest BCUT2D eigenvalue weighted by Crippen LogP contribution is 2.47. The number of hydrogen-bond acceptors (Lipinski definition) is 3. The maximum atomic E-state index is 12.0. The second kappa shape index (κ2) is 4.48. The molecule has 3 nitrogen and oxygen atoms in total. The Morgan fingerprint density at radius 2 is 1.71 bits per heavy atom. The van der Waals surface area contributed by atoms with Gasteiger partial charge < -0.3 is 10.5 Å². The van der Waals surface area contributed by atoms with Crippen molar-refractivity contribution in [1.82, 2.24) is 0 Å². The smallest absolute Gasteiger partial charge is 0.336 e. The molecule has 0 amide bonds. The van der Waals surface area contributed by atoms with Gasteiger partial charge >= 0.3 is 5.97 Å². The number of rotatable bonds is 1. The summed E-state index contributed by atoms with van der Waals surface area (Å²) >= 11 is 0. The maximum absolute atomic E-state index is 12.0. The number of esters is 1. The molecule has 2 unspecified atom stereocenters. The molecule has 0 saturated carbocycles. The number of hydrogen-bond donors (Lipinski definition) is 1. The lowest BCUT2D eigenvalue weighted by molar-refractivity contribution is -0.135. The minimum atomic E-state index is -0.270. The van der Waals surface area contributed by atoms with Crippen molar-refractivity contribution in [2.24, 2.45) is 11.7 Å². The zero-order valence-corrected chi connectivity index (χ0v) is 11.5. The van der Waals surface area contributed by atoms with Gasteiger partial charge in [-0.2, -0.15) is 0 Å². The number of fused-ring (bicyclic) bond motifs is 2. The number of ether oxygens (including phenoxy) is 1. The highest BCUT2D eigenvalue weighted by Gasteiger charge is 2.43. The average molecular weight is 277 g/mol.